The molecule has 2 aromatic carbocycles. The van der Waals surface area contributed by atoms with Crippen molar-refractivity contribution in [2.24, 2.45) is 4.99 Å². The molecule has 2 aromatic rings. The normalized spacial score (nSPS) is 18.5. The third-order valence-electron chi connectivity index (χ3n) is 5.46. The molecule has 10 heteroatoms. The van der Waals surface area contributed by atoms with E-state index in [1.165, 1.54) is 23.5 Å². The van der Waals surface area contributed by atoms with Crippen molar-refractivity contribution in [2.75, 3.05) is 20.2 Å². The number of amides is 1. The number of methoxy groups -OCH3 is 1. The van der Waals surface area contributed by atoms with Gasteiger partial charge in [0, 0.05) is 36.0 Å². The maximum absolute atomic E-state index is 13.2. The zero-order chi connectivity index (χ0) is 22.2. The van der Waals surface area contributed by atoms with Crippen molar-refractivity contribution in [1.82, 2.24) is 9.62 Å². The van der Waals surface area contributed by atoms with Gasteiger partial charge in [0.05, 0.1) is 17.6 Å². The van der Waals surface area contributed by atoms with E-state index < -0.39 is 21.7 Å². The summed E-state index contributed by atoms with van der Waals surface area (Å²) < 4.78 is 33.3. The average Bonchev–Trinajstić information content (AvgIpc) is 3.09. The van der Waals surface area contributed by atoms with E-state index in [0.717, 1.165) is 4.47 Å². The minimum absolute atomic E-state index is 0.00463. The molecule has 0 unspecified atom stereocenters. The van der Waals surface area contributed by atoms with Crippen molar-refractivity contribution >= 4 is 43.5 Å². The van der Waals surface area contributed by atoms with Crippen LogP contribution in [0.5, 0.6) is 0 Å². The second-order valence-corrected chi connectivity index (χ2v) is 10.2. The molecule has 162 valence electrons. The highest BCUT2D eigenvalue weighted by Gasteiger charge is 2.44. The Morgan fingerprint density at radius 3 is 2.42 bits per heavy atom. The predicted molar refractivity (Wildman–Crippen MR) is 117 cm³/mol. The second kappa shape index (κ2) is 8.18. The van der Waals surface area contributed by atoms with Gasteiger partial charge in [0.15, 0.2) is 0 Å². The maximum Gasteiger partial charge on any atom is 0.339 e. The van der Waals surface area contributed by atoms with Gasteiger partial charge in [0.2, 0.25) is 10.0 Å². The van der Waals surface area contributed by atoms with Gasteiger partial charge in [-0.3, -0.25) is 9.79 Å². The van der Waals surface area contributed by atoms with Crippen molar-refractivity contribution in [2.45, 2.75) is 23.4 Å². The minimum atomic E-state index is -3.91. The molecule has 0 atom stereocenters. The molecular formula is C21H20BrN3O5S. The molecule has 0 radical (unpaired) electrons. The molecule has 0 aliphatic carbocycles. The molecule has 1 fully saturated rings. The first kappa shape index (κ1) is 21.7. The maximum atomic E-state index is 13.2. The third kappa shape index (κ3) is 4.02. The lowest BCUT2D eigenvalue weighted by molar-refractivity contribution is -0.115. The summed E-state index contributed by atoms with van der Waals surface area (Å²) in [5, 5.41) is 2.93. The standard InChI is InChI=1S/C21H20BrN3O5S/c1-30-20(27)16-4-2-3-5-17(16)31(28,29)25-12-10-21(11-13-25)23-18(19(26)24-21)14-6-8-15(22)9-7-14/h2-9H,10-13H2,1H3,(H,24,26). The van der Waals surface area contributed by atoms with Crippen molar-refractivity contribution in [1.29, 1.82) is 0 Å². The van der Waals surface area contributed by atoms with E-state index in [4.69, 9.17) is 4.74 Å². The second-order valence-electron chi connectivity index (χ2n) is 7.34. The van der Waals surface area contributed by atoms with Crippen LogP contribution in [0.3, 0.4) is 0 Å². The Hall–Kier alpha value is -2.56. The van der Waals surface area contributed by atoms with E-state index in [0.29, 0.717) is 24.1 Å². The molecule has 31 heavy (non-hydrogen) atoms. The van der Waals surface area contributed by atoms with Crippen LogP contribution in [-0.2, 0) is 19.6 Å². The number of benzene rings is 2. The number of halogens is 1. The number of carbonyl (C=O) groups is 2. The van der Waals surface area contributed by atoms with Gasteiger partial charge >= 0.3 is 5.97 Å². The lowest BCUT2D eigenvalue weighted by Crippen LogP contribution is -2.52. The number of esters is 1. The number of ether oxygens (including phenoxy) is 1. The zero-order valence-electron chi connectivity index (χ0n) is 16.7. The summed E-state index contributed by atoms with van der Waals surface area (Å²) in [7, 11) is -2.70. The van der Waals surface area contributed by atoms with Crippen molar-refractivity contribution < 1.29 is 22.7 Å². The quantitative estimate of drug-likeness (QED) is 0.642. The Labute approximate surface area is 188 Å². The number of piperidine rings is 1. The SMILES string of the molecule is COC(=O)c1ccccc1S(=O)(=O)N1CCC2(CC1)N=C(c1ccc(Br)cc1)C(=O)N2. The molecule has 4 rings (SSSR count). The van der Waals surface area contributed by atoms with Gasteiger partial charge in [0.25, 0.3) is 5.91 Å². The average molecular weight is 506 g/mol. The van der Waals surface area contributed by atoms with Crippen molar-refractivity contribution in [3.8, 4) is 0 Å². The Kier molecular flexibility index (Phi) is 5.71. The first-order valence-electron chi connectivity index (χ1n) is 9.62. The van der Waals surface area contributed by atoms with E-state index in [-0.39, 0.29) is 29.5 Å². The first-order chi connectivity index (χ1) is 14.8. The molecule has 0 bridgehead atoms. The highest BCUT2D eigenvalue weighted by atomic mass is 79.9. The molecule has 2 aliphatic heterocycles. The van der Waals surface area contributed by atoms with Crippen LogP contribution in [0.2, 0.25) is 0 Å². The van der Waals surface area contributed by atoms with E-state index in [2.05, 4.69) is 26.2 Å². The lowest BCUT2D eigenvalue weighted by Gasteiger charge is -2.36. The number of rotatable bonds is 4. The largest absolute Gasteiger partial charge is 0.465 e. The van der Waals surface area contributed by atoms with Gasteiger partial charge in [-0.1, -0.05) is 40.2 Å². The summed E-state index contributed by atoms with van der Waals surface area (Å²) in [6.07, 6.45) is 0.663. The van der Waals surface area contributed by atoms with Crippen molar-refractivity contribution in [3.63, 3.8) is 0 Å². The molecule has 0 aromatic heterocycles. The minimum Gasteiger partial charge on any atom is -0.465 e. The number of sulfonamides is 1. The third-order valence-corrected chi connectivity index (χ3v) is 7.95. The highest BCUT2D eigenvalue weighted by Crippen LogP contribution is 2.32. The van der Waals surface area contributed by atoms with Crippen LogP contribution < -0.4 is 5.32 Å². The van der Waals surface area contributed by atoms with Gasteiger partial charge in [0.1, 0.15) is 11.4 Å². The molecular weight excluding hydrogens is 486 g/mol. The summed E-state index contributed by atoms with van der Waals surface area (Å²) >= 11 is 3.37. The van der Waals surface area contributed by atoms with Crippen LogP contribution in [0.25, 0.3) is 0 Å². The predicted octanol–water partition coefficient (Wildman–Crippen LogP) is 2.34. The van der Waals surface area contributed by atoms with Gasteiger partial charge in [-0.2, -0.15) is 4.31 Å². The fourth-order valence-electron chi connectivity index (χ4n) is 3.81. The molecule has 1 saturated heterocycles. The van der Waals surface area contributed by atoms with Crippen LogP contribution in [0, 0.1) is 0 Å². The topological polar surface area (TPSA) is 105 Å². The van der Waals surface area contributed by atoms with Gasteiger partial charge in [-0.15, -0.1) is 0 Å². The summed E-state index contributed by atoms with van der Waals surface area (Å²) in [5.41, 5.74) is 0.224. The number of nitrogens with one attached hydrogen (secondary N) is 1. The number of hydrogen-bond donors (Lipinski definition) is 1. The van der Waals surface area contributed by atoms with Gasteiger partial charge < -0.3 is 10.1 Å². The fraction of sp³-hybridized carbons (Fsp3) is 0.286. The van der Waals surface area contributed by atoms with Crippen molar-refractivity contribution in [3.05, 3.63) is 64.1 Å². The zero-order valence-corrected chi connectivity index (χ0v) is 19.1. The monoisotopic (exact) mass is 505 g/mol. The van der Waals surface area contributed by atoms with Gasteiger partial charge in [-0.25, -0.2) is 13.2 Å². The summed E-state index contributed by atoms with van der Waals surface area (Å²) in [5.74, 6) is -0.978. The van der Waals surface area contributed by atoms with E-state index in [1.807, 2.05) is 24.3 Å². The Balaban J connectivity index is 1.56. The van der Waals surface area contributed by atoms with E-state index in [9.17, 15) is 18.0 Å². The van der Waals surface area contributed by atoms with Crippen LogP contribution in [0.4, 0.5) is 0 Å². The number of hydrogen-bond acceptors (Lipinski definition) is 6. The summed E-state index contributed by atoms with van der Waals surface area (Å²) in [4.78, 5) is 29.1. The molecule has 1 amide bonds. The number of nitrogens with zero attached hydrogens (tertiary/aromatic N) is 2. The molecule has 0 saturated carbocycles. The molecule has 8 nitrogen and oxygen atoms in total. The van der Waals surface area contributed by atoms with E-state index >= 15 is 0 Å². The van der Waals surface area contributed by atoms with E-state index in [1.54, 1.807) is 12.1 Å². The Bertz CT molecular complexity index is 1170. The smallest absolute Gasteiger partial charge is 0.339 e. The van der Waals surface area contributed by atoms with Crippen LogP contribution in [0.1, 0.15) is 28.8 Å². The molecule has 2 heterocycles. The Morgan fingerprint density at radius 2 is 1.77 bits per heavy atom. The highest BCUT2D eigenvalue weighted by molar-refractivity contribution is 9.10. The molecule has 1 spiro atoms. The van der Waals surface area contributed by atoms with Crippen LogP contribution in [-0.4, -0.2) is 56.2 Å². The Morgan fingerprint density at radius 1 is 1.13 bits per heavy atom. The van der Waals surface area contributed by atoms with Gasteiger partial charge in [-0.05, 0) is 24.3 Å². The number of carbonyl (C=O) groups excluding carboxylic acids is 2. The first-order valence-corrected chi connectivity index (χ1v) is 11.8. The lowest BCUT2D eigenvalue weighted by atomic mass is 10.00. The van der Waals surface area contributed by atoms with Crippen LogP contribution in [0.15, 0.2) is 62.9 Å². The number of aliphatic imine (C=N–C) groups is 1. The molecule has 1 N–H and O–H groups in total. The van der Waals surface area contributed by atoms with Crippen LogP contribution >= 0.6 is 15.9 Å². The fourth-order valence-corrected chi connectivity index (χ4v) is 5.69. The summed E-state index contributed by atoms with van der Waals surface area (Å²) in [6, 6.07) is 13.3. The summed E-state index contributed by atoms with van der Waals surface area (Å²) in [6.45, 7) is 0.324. The molecule has 2 aliphatic rings.